The monoisotopic (exact) mass is 210 g/mol. The first kappa shape index (κ1) is 11.4. The van der Waals surface area contributed by atoms with Gasteiger partial charge in [-0.15, -0.1) is 0 Å². The number of rotatable bonds is 0. The molecule has 1 unspecified atom stereocenters. The minimum atomic E-state index is 0.306. The van der Waals surface area contributed by atoms with Crippen molar-refractivity contribution in [3.8, 4) is 0 Å². The molecule has 1 aliphatic heterocycles. The third-order valence-corrected chi connectivity index (χ3v) is 4.63. The second kappa shape index (κ2) is 3.21. The van der Waals surface area contributed by atoms with Crippen LogP contribution in [0.4, 0.5) is 0 Å². The Bertz CT molecular complexity index is 252. The third kappa shape index (κ3) is 1.83. The van der Waals surface area contributed by atoms with E-state index in [9.17, 15) is 0 Å². The van der Waals surface area contributed by atoms with Crippen LogP contribution < -0.4 is 5.73 Å². The highest BCUT2D eigenvalue weighted by molar-refractivity contribution is 5.05. The second-order valence-electron chi connectivity index (χ2n) is 7.20. The van der Waals surface area contributed by atoms with Crippen molar-refractivity contribution in [3.63, 3.8) is 0 Å². The Labute approximate surface area is 94.2 Å². The molecule has 3 atom stereocenters. The Hall–Kier alpha value is -0.0800. The fourth-order valence-corrected chi connectivity index (χ4v) is 3.55. The molecule has 2 heteroatoms. The van der Waals surface area contributed by atoms with Crippen molar-refractivity contribution in [1.82, 2.24) is 4.90 Å². The van der Waals surface area contributed by atoms with E-state index < -0.39 is 0 Å². The summed E-state index contributed by atoms with van der Waals surface area (Å²) in [4.78, 5) is 2.61. The molecule has 2 fully saturated rings. The second-order valence-corrected chi connectivity index (χ2v) is 7.20. The summed E-state index contributed by atoms with van der Waals surface area (Å²) in [6.07, 6.45) is 1.21. The molecule has 2 nitrogen and oxygen atoms in total. The zero-order valence-electron chi connectivity index (χ0n) is 10.9. The van der Waals surface area contributed by atoms with Crippen LogP contribution in [0.15, 0.2) is 0 Å². The molecule has 0 amide bonds. The van der Waals surface area contributed by atoms with Crippen molar-refractivity contribution >= 4 is 0 Å². The maximum Gasteiger partial charge on any atom is 0.0125 e. The maximum atomic E-state index is 6.27. The van der Waals surface area contributed by atoms with Gasteiger partial charge in [-0.05, 0) is 44.4 Å². The molecule has 1 aliphatic carbocycles. The van der Waals surface area contributed by atoms with Gasteiger partial charge in [0.05, 0.1) is 0 Å². The Morgan fingerprint density at radius 2 is 1.80 bits per heavy atom. The summed E-state index contributed by atoms with van der Waals surface area (Å²) >= 11 is 0. The smallest absolute Gasteiger partial charge is 0.0125 e. The van der Waals surface area contributed by atoms with Crippen molar-refractivity contribution in [2.24, 2.45) is 23.0 Å². The number of nitrogens with two attached hydrogens (primary N) is 1. The van der Waals surface area contributed by atoms with Crippen LogP contribution in [0.25, 0.3) is 0 Å². The van der Waals surface area contributed by atoms with Crippen molar-refractivity contribution in [2.45, 2.75) is 52.6 Å². The van der Waals surface area contributed by atoms with Crippen LogP contribution in [-0.2, 0) is 0 Å². The molecule has 2 rings (SSSR count). The van der Waals surface area contributed by atoms with Crippen molar-refractivity contribution in [3.05, 3.63) is 0 Å². The molecule has 15 heavy (non-hydrogen) atoms. The zero-order chi connectivity index (χ0) is 11.4. The van der Waals surface area contributed by atoms with E-state index in [2.05, 4.69) is 39.5 Å². The summed E-state index contributed by atoms with van der Waals surface area (Å²) < 4.78 is 0. The zero-order valence-corrected chi connectivity index (χ0v) is 10.9. The lowest BCUT2D eigenvalue weighted by Gasteiger charge is -2.34. The lowest BCUT2D eigenvalue weighted by molar-refractivity contribution is 0.140. The van der Waals surface area contributed by atoms with Gasteiger partial charge >= 0.3 is 0 Å². The summed E-state index contributed by atoms with van der Waals surface area (Å²) in [5, 5.41) is 0. The standard InChI is InChI=1S/C13H26N2/c1-12(2,3)15-7-9-10(8-15)13(4,5)6-11(9)14/h9-11H,6-8,14H2,1-5H3/t9-,10+,11?/m0/s1. The first-order valence-corrected chi connectivity index (χ1v) is 6.22. The molecule has 0 aromatic heterocycles. The predicted molar refractivity (Wildman–Crippen MR) is 64.7 cm³/mol. The minimum absolute atomic E-state index is 0.306. The molecule has 1 heterocycles. The predicted octanol–water partition coefficient (Wildman–Crippen LogP) is 2.09. The summed E-state index contributed by atoms with van der Waals surface area (Å²) in [5.74, 6) is 1.55. The number of likely N-dealkylation sites (tertiary alicyclic amines) is 1. The highest BCUT2D eigenvalue weighted by atomic mass is 15.2. The lowest BCUT2D eigenvalue weighted by atomic mass is 9.80. The summed E-state index contributed by atoms with van der Waals surface area (Å²) in [6.45, 7) is 14.2. The van der Waals surface area contributed by atoms with Gasteiger partial charge in [-0.3, -0.25) is 4.90 Å². The van der Waals surface area contributed by atoms with Gasteiger partial charge in [-0.1, -0.05) is 13.8 Å². The van der Waals surface area contributed by atoms with Gasteiger partial charge in [0, 0.05) is 24.7 Å². The van der Waals surface area contributed by atoms with Gasteiger partial charge in [0.1, 0.15) is 0 Å². The van der Waals surface area contributed by atoms with Gasteiger partial charge < -0.3 is 5.73 Å². The van der Waals surface area contributed by atoms with Crippen molar-refractivity contribution in [2.75, 3.05) is 13.1 Å². The van der Waals surface area contributed by atoms with Crippen molar-refractivity contribution < 1.29 is 0 Å². The first-order chi connectivity index (χ1) is 6.72. The fourth-order valence-electron chi connectivity index (χ4n) is 3.55. The number of hydrogen-bond donors (Lipinski definition) is 1. The summed E-state index contributed by atoms with van der Waals surface area (Å²) in [6, 6.07) is 0.428. The van der Waals surface area contributed by atoms with Gasteiger partial charge in [-0.25, -0.2) is 0 Å². The Morgan fingerprint density at radius 1 is 1.20 bits per heavy atom. The average molecular weight is 210 g/mol. The van der Waals surface area contributed by atoms with Gasteiger partial charge in [0.2, 0.25) is 0 Å². The van der Waals surface area contributed by atoms with E-state index in [-0.39, 0.29) is 0 Å². The highest BCUT2D eigenvalue weighted by Gasteiger charge is 2.52. The molecule has 0 aromatic carbocycles. The van der Waals surface area contributed by atoms with E-state index in [1.165, 1.54) is 19.5 Å². The molecular weight excluding hydrogens is 184 g/mol. The Morgan fingerprint density at radius 3 is 2.27 bits per heavy atom. The van der Waals surface area contributed by atoms with E-state index in [0.29, 0.717) is 17.0 Å². The van der Waals surface area contributed by atoms with E-state index >= 15 is 0 Å². The van der Waals surface area contributed by atoms with Gasteiger partial charge in [-0.2, -0.15) is 0 Å². The molecule has 2 N–H and O–H groups in total. The maximum absolute atomic E-state index is 6.27. The average Bonchev–Trinajstić information content (AvgIpc) is 2.51. The molecule has 0 bridgehead atoms. The molecule has 0 aromatic rings. The highest BCUT2D eigenvalue weighted by Crippen LogP contribution is 2.50. The van der Waals surface area contributed by atoms with Crippen LogP contribution in [0.1, 0.15) is 41.0 Å². The van der Waals surface area contributed by atoms with Gasteiger partial charge in [0.15, 0.2) is 0 Å². The van der Waals surface area contributed by atoms with E-state index in [4.69, 9.17) is 5.73 Å². The molecule has 0 radical (unpaired) electrons. The SMILES string of the molecule is CC1(C)CC(N)[C@H]2CN(C(C)(C)C)C[C@H]21. The van der Waals surface area contributed by atoms with Crippen molar-refractivity contribution in [1.29, 1.82) is 0 Å². The Kier molecular flexibility index (Phi) is 2.44. The van der Waals surface area contributed by atoms with Crippen LogP contribution in [-0.4, -0.2) is 29.6 Å². The molecule has 1 saturated carbocycles. The van der Waals surface area contributed by atoms with Crippen LogP contribution in [0, 0.1) is 17.3 Å². The molecule has 0 spiro atoms. The minimum Gasteiger partial charge on any atom is -0.327 e. The number of hydrogen-bond acceptors (Lipinski definition) is 2. The summed E-state index contributed by atoms with van der Waals surface area (Å²) in [5.41, 5.74) is 7.03. The number of fused-ring (bicyclic) bond motifs is 1. The largest absolute Gasteiger partial charge is 0.327 e. The van der Waals surface area contributed by atoms with E-state index in [1.54, 1.807) is 0 Å². The van der Waals surface area contributed by atoms with E-state index in [1.807, 2.05) is 0 Å². The lowest BCUT2D eigenvalue weighted by Crippen LogP contribution is -2.42. The summed E-state index contributed by atoms with van der Waals surface area (Å²) in [7, 11) is 0. The molecule has 1 saturated heterocycles. The Balaban J connectivity index is 2.15. The fraction of sp³-hybridized carbons (Fsp3) is 1.00. The molecular formula is C13H26N2. The van der Waals surface area contributed by atoms with Crippen LogP contribution in [0.3, 0.4) is 0 Å². The first-order valence-electron chi connectivity index (χ1n) is 6.22. The number of nitrogens with zero attached hydrogens (tertiary/aromatic N) is 1. The third-order valence-electron chi connectivity index (χ3n) is 4.63. The molecule has 88 valence electrons. The van der Waals surface area contributed by atoms with Crippen LogP contribution in [0.5, 0.6) is 0 Å². The van der Waals surface area contributed by atoms with Crippen LogP contribution >= 0.6 is 0 Å². The normalized spacial score (nSPS) is 40.8. The topological polar surface area (TPSA) is 29.3 Å². The van der Waals surface area contributed by atoms with E-state index in [0.717, 1.165) is 11.8 Å². The van der Waals surface area contributed by atoms with Gasteiger partial charge in [0.25, 0.3) is 0 Å². The quantitative estimate of drug-likeness (QED) is 0.663. The van der Waals surface area contributed by atoms with Crippen LogP contribution in [0.2, 0.25) is 0 Å². The molecule has 2 aliphatic rings.